The Kier molecular flexibility index (Phi) is 4.37. The molecule has 0 N–H and O–H groups in total. The predicted octanol–water partition coefficient (Wildman–Crippen LogP) is 2.91. The molecule has 0 saturated carbocycles. The van der Waals surface area contributed by atoms with Crippen molar-refractivity contribution in [3.63, 3.8) is 0 Å². The van der Waals surface area contributed by atoms with Crippen LogP contribution in [0.15, 0.2) is 12.1 Å². The van der Waals surface area contributed by atoms with Gasteiger partial charge in [0.05, 0.1) is 17.8 Å². The number of alkyl halides is 2. The summed E-state index contributed by atoms with van der Waals surface area (Å²) >= 11 is 1.87. The standard InChI is InChI=1S/C9H9F2IO3/c1-13-5-3-6(14-2)8(12)7(4-5)15-9(10)11/h3-4,9H,1-2H3. The smallest absolute Gasteiger partial charge is 0.387 e. The van der Waals surface area contributed by atoms with Crippen molar-refractivity contribution in [1.29, 1.82) is 0 Å². The van der Waals surface area contributed by atoms with Gasteiger partial charge in [0.1, 0.15) is 17.2 Å². The van der Waals surface area contributed by atoms with Crippen LogP contribution in [0.2, 0.25) is 0 Å². The molecule has 84 valence electrons. The number of methoxy groups -OCH3 is 2. The highest BCUT2D eigenvalue weighted by atomic mass is 127. The second-order valence-electron chi connectivity index (χ2n) is 2.52. The van der Waals surface area contributed by atoms with E-state index in [0.29, 0.717) is 15.1 Å². The number of benzene rings is 1. The Balaban J connectivity index is 3.12. The number of hydrogen-bond acceptors (Lipinski definition) is 3. The lowest BCUT2D eigenvalue weighted by Crippen LogP contribution is -2.04. The molecule has 0 aliphatic rings. The lowest BCUT2D eigenvalue weighted by Gasteiger charge is -2.12. The second-order valence-corrected chi connectivity index (χ2v) is 3.60. The summed E-state index contributed by atoms with van der Waals surface area (Å²) < 4.78 is 38.9. The van der Waals surface area contributed by atoms with E-state index in [-0.39, 0.29) is 5.75 Å². The molecule has 15 heavy (non-hydrogen) atoms. The molecule has 0 fully saturated rings. The van der Waals surface area contributed by atoms with Crippen LogP contribution >= 0.6 is 22.6 Å². The molecule has 0 aliphatic heterocycles. The van der Waals surface area contributed by atoms with Crippen molar-refractivity contribution in [3.8, 4) is 17.2 Å². The van der Waals surface area contributed by atoms with Gasteiger partial charge in [0, 0.05) is 12.1 Å². The maximum Gasteiger partial charge on any atom is 0.387 e. The third kappa shape index (κ3) is 3.08. The van der Waals surface area contributed by atoms with E-state index in [0.717, 1.165) is 0 Å². The van der Waals surface area contributed by atoms with Crippen LogP contribution in [0.1, 0.15) is 0 Å². The van der Waals surface area contributed by atoms with E-state index in [2.05, 4.69) is 4.74 Å². The van der Waals surface area contributed by atoms with Gasteiger partial charge in [-0.3, -0.25) is 0 Å². The molecule has 0 spiro atoms. The summed E-state index contributed by atoms with van der Waals surface area (Å²) in [6.45, 7) is -2.87. The molecule has 0 amide bonds. The first-order valence-corrected chi connectivity index (χ1v) is 5.02. The summed E-state index contributed by atoms with van der Waals surface area (Å²) in [5, 5.41) is 0. The minimum Gasteiger partial charge on any atom is -0.496 e. The molecule has 3 nitrogen and oxygen atoms in total. The van der Waals surface area contributed by atoms with Gasteiger partial charge in [-0.2, -0.15) is 8.78 Å². The normalized spacial score (nSPS) is 10.3. The topological polar surface area (TPSA) is 27.7 Å². The molecule has 0 saturated heterocycles. The van der Waals surface area contributed by atoms with Crippen LogP contribution in [-0.4, -0.2) is 20.8 Å². The third-order valence-corrected chi connectivity index (χ3v) is 2.71. The number of halogens is 3. The maximum absolute atomic E-state index is 12.1. The number of hydrogen-bond donors (Lipinski definition) is 0. The molecule has 0 atom stereocenters. The summed E-state index contributed by atoms with van der Waals surface area (Å²) in [5.41, 5.74) is 0. The highest BCUT2D eigenvalue weighted by molar-refractivity contribution is 14.1. The van der Waals surface area contributed by atoms with E-state index in [4.69, 9.17) is 9.47 Å². The molecule has 0 heterocycles. The SMILES string of the molecule is COc1cc(OC)c(I)c(OC(F)F)c1. The van der Waals surface area contributed by atoms with Gasteiger partial charge in [0.2, 0.25) is 0 Å². The minimum atomic E-state index is -2.87. The zero-order valence-corrected chi connectivity index (χ0v) is 10.2. The highest BCUT2D eigenvalue weighted by Crippen LogP contribution is 2.35. The molecule has 0 bridgehead atoms. The Morgan fingerprint density at radius 2 is 1.73 bits per heavy atom. The average Bonchev–Trinajstić information content (AvgIpc) is 2.20. The van der Waals surface area contributed by atoms with E-state index in [1.54, 1.807) is 6.07 Å². The highest BCUT2D eigenvalue weighted by Gasteiger charge is 2.14. The fourth-order valence-electron chi connectivity index (χ4n) is 0.996. The van der Waals surface area contributed by atoms with Crippen LogP contribution in [0.3, 0.4) is 0 Å². The Labute approximate surface area is 99.5 Å². The van der Waals surface area contributed by atoms with Gasteiger partial charge >= 0.3 is 6.61 Å². The molecule has 6 heteroatoms. The molecule has 0 aromatic heterocycles. The quantitative estimate of drug-likeness (QED) is 0.795. The van der Waals surface area contributed by atoms with Crippen molar-refractivity contribution in [2.45, 2.75) is 6.61 Å². The monoisotopic (exact) mass is 330 g/mol. The summed E-state index contributed by atoms with van der Waals surface area (Å²) in [5.74, 6) is 0.885. The molecule has 1 aromatic rings. The fraction of sp³-hybridized carbons (Fsp3) is 0.333. The van der Waals surface area contributed by atoms with E-state index in [1.165, 1.54) is 20.3 Å². The molecule has 1 rings (SSSR count). The number of ether oxygens (including phenoxy) is 3. The van der Waals surface area contributed by atoms with Gasteiger partial charge in [-0.15, -0.1) is 0 Å². The van der Waals surface area contributed by atoms with Gasteiger partial charge in [0.15, 0.2) is 0 Å². The Morgan fingerprint density at radius 1 is 1.13 bits per heavy atom. The van der Waals surface area contributed by atoms with Gasteiger partial charge in [-0.25, -0.2) is 0 Å². The van der Waals surface area contributed by atoms with Crippen LogP contribution in [0.25, 0.3) is 0 Å². The van der Waals surface area contributed by atoms with Crippen molar-refractivity contribution in [2.24, 2.45) is 0 Å². The van der Waals surface area contributed by atoms with Gasteiger partial charge in [0.25, 0.3) is 0 Å². The van der Waals surface area contributed by atoms with Crippen LogP contribution in [0.5, 0.6) is 17.2 Å². The third-order valence-electron chi connectivity index (χ3n) is 1.65. The summed E-state index contributed by atoms with van der Waals surface area (Å²) in [7, 11) is 2.89. The predicted molar refractivity (Wildman–Crippen MR) is 58.9 cm³/mol. The lowest BCUT2D eigenvalue weighted by atomic mass is 10.3. The Bertz CT molecular complexity index is 344. The van der Waals surface area contributed by atoms with Crippen molar-refractivity contribution in [2.75, 3.05) is 14.2 Å². The molecular formula is C9H9F2IO3. The van der Waals surface area contributed by atoms with E-state index < -0.39 is 6.61 Å². The van der Waals surface area contributed by atoms with E-state index >= 15 is 0 Å². The molecule has 0 unspecified atom stereocenters. The van der Waals surface area contributed by atoms with Crippen molar-refractivity contribution >= 4 is 22.6 Å². The minimum absolute atomic E-state index is 0.0433. The molecule has 0 radical (unpaired) electrons. The first-order valence-electron chi connectivity index (χ1n) is 3.94. The molecular weight excluding hydrogens is 321 g/mol. The zero-order chi connectivity index (χ0) is 11.4. The van der Waals surface area contributed by atoms with E-state index in [9.17, 15) is 8.78 Å². The van der Waals surface area contributed by atoms with Gasteiger partial charge in [-0.1, -0.05) is 0 Å². The first-order chi connectivity index (χ1) is 7.08. The largest absolute Gasteiger partial charge is 0.496 e. The zero-order valence-electron chi connectivity index (χ0n) is 8.09. The molecule has 1 aromatic carbocycles. The average molecular weight is 330 g/mol. The van der Waals surface area contributed by atoms with Crippen LogP contribution in [-0.2, 0) is 0 Å². The number of rotatable bonds is 4. The van der Waals surface area contributed by atoms with E-state index in [1.807, 2.05) is 22.6 Å². The first kappa shape index (κ1) is 12.3. The van der Waals surface area contributed by atoms with Crippen molar-refractivity contribution in [1.82, 2.24) is 0 Å². The summed E-state index contributed by atoms with van der Waals surface area (Å²) in [6, 6.07) is 2.98. The van der Waals surface area contributed by atoms with Crippen molar-refractivity contribution < 1.29 is 23.0 Å². The van der Waals surface area contributed by atoms with Crippen LogP contribution in [0, 0.1) is 3.57 Å². The summed E-state index contributed by atoms with van der Waals surface area (Å²) in [4.78, 5) is 0. The Morgan fingerprint density at radius 3 is 2.20 bits per heavy atom. The maximum atomic E-state index is 12.1. The van der Waals surface area contributed by atoms with Crippen LogP contribution in [0.4, 0.5) is 8.78 Å². The molecule has 0 aliphatic carbocycles. The fourth-order valence-corrected chi connectivity index (χ4v) is 1.66. The van der Waals surface area contributed by atoms with Crippen molar-refractivity contribution in [3.05, 3.63) is 15.7 Å². The van der Waals surface area contributed by atoms with Gasteiger partial charge in [-0.05, 0) is 22.6 Å². The second kappa shape index (κ2) is 5.34. The van der Waals surface area contributed by atoms with Gasteiger partial charge < -0.3 is 14.2 Å². The van der Waals surface area contributed by atoms with Crippen LogP contribution < -0.4 is 14.2 Å². The lowest BCUT2D eigenvalue weighted by molar-refractivity contribution is -0.0506. The summed E-state index contributed by atoms with van der Waals surface area (Å²) in [6.07, 6.45) is 0. The Hall–Kier alpha value is -0.790.